The maximum Gasteiger partial charge on any atom is 0.239 e. The molecule has 1 aliphatic carbocycles. The lowest BCUT2D eigenvalue weighted by atomic mass is 9.97. The molecule has 1 aliphatic rings. The Morgan fingerprint density at radius 1 is 1.23 bits per heavy atom. The van der Waals surface area contributed by atoms with Gasteiger partial charge < -0.3 is 15.4 Å². The summed E-state index contributed by atoms with van der Waals surface area (Å²) in [6.07, 6.45) is 8.30. The molecule has 120 valence electrons. The molecule has 0 atom stereocenters. The van der Waals surface area contributed by atoms with Crippen LogP contribution < -0.4 is 15.4 Å². The van der Waals surface area contributed by atoms with Crippen molar-refractivity contribution in [1.29, 1.82) is 0 Å². The summed E-state index contributed by atoms with van der Waals surface area (Å²) in [6, 6.07) is 7.65. The van der Waals surface area contributed by atoms with Gasteiger partial charge in [0.25, 0.3) is 0 Å². The first-order valence-corrected chi connectivity index (χ1v) is 8.19. The van der Waals surface area contributed by atoms with Gasteiger partial charge in [0.15, 0.2) is 0 Å². The Morgan fingerprint density at radius 2 is 2.05 bits per heavy atom. The summed E-state index contributed by atoms with van der Waals surface area (Å²) >= 11 is 0. The number of allylic oxidation sites excluding steroid dienone is 1. The number of hydrogen-bond donors (Lipinski definition) is 2. The summed E-state index contributed by atoms with van der Waals surface area (Å²) < 4.78 is 5.38. The van der Waals surface area contributed by atoms with Gasteiger partial charge in [-0.15, -0.1) is 0 Å². The minimum absolute atomic E-state index is 0.0327. The molecule has 0 aliphatic heterocycles. The van der Waals surface area contributed by atoms with Crippen LogP contribution in [0.3, 0.4) is 0 Å². The third-order valence-electron chi connectivity index (χ3n) is 3.77. The van der Waals surface area contributed by atoms with E-state index in [0.717, 1.165) is 24.4 Å². The van der Waals surface area contributed by atoms with E-state index in [1.165, 1.54) is 31.3 Å². The summed E-state index contributed by atoms with van der Waals surface area (Å²) in [4.78, 5) is 11.8. The maximum absolute atomic E-state index is 11.8. The van der Waals surface area contributed by atoms with E-state index in [0.29, 0.717) is 13.2 Å². The molecule has 4 nitrogen and oxygen atoms in total. The lowest BCUT2D eigenvalue weighted by Crippen LogP contribution is -2.30. The van der Waals surface area contributed by atoms with E-state index in [1.54, 1.807) is 0 Å². The van der Waals surface area contributed by atoms with Crippen LogP contribution in [-0.2, 0) is 4.79 Å². The molecule has 22 heavy (non-hydrogen) atoms. The van der Waals surface area contributed by atoms with Gasteiger partial charge >= 0.3 is 0 Å². The average Bonchev–Trinajstić information content (AvgIpc) is 2.55. The smallest absolute Gasteiger partial charge is 0.239 e. The molecule has 2 N–H and O–H groups in total. The third kappa shape index (κ3) is 5.80. The maximum atomic E-state index is 11.8. The van der Waals surface area contributed by atoms with Crippen LogP contribution in [-0.4, -0.2) is 25.6 Å². The van der Waals surface area contributed by atoms with E-state index in [1.807, 2.05) is 31.2 Å². The zero-order valence-electron chi connectivity index (χ0n) is 13.4. The number of carbonyl (C=O) groups is 1. The van der Waals surface area contributed by atoms with Gasteiger partial charge in [0.2, 0.25) is 5.91 Å². The molecule has 4 heteroatoms. The molecule has 0 radical (unpaired) electrons. The minimum atomic E-state index is 0.0327. The number of carbonyl (C=O) groups excluding carboxylic acids is 1. The monoisotopic (exact) mass is 302 g/mol. The number of nitrogens with one attached hydrogen (secondary N) is 2. The Balaban J connectivity index is 1.63. The molecular weight excluding hydrogens is 276 g/mol. The molecule has 0 saturated heterocycles. The predicted octanol–water partition coefficient (Wildman–Crippen LogP) is 3.50. The van der Waals surface area contributed by atoms with Crippen LogP contribution in [0.4, 0.5) is 5.69 Å². The van der Waals surface area contributed by atoms with E-state index < -0.39 is 0 Å². The quantitative estimate of drug-likeness (QED) is 0.723. The van der Waals surface area contributed by atoms with Crippen molar-refractivity contribution in [2.24, 2.45) is 0 Å². The van der Waals surface area contributed by atoms with Crippen LogP contribution in [0.15, 0.2) is 35.9 Å². The first-order valence-electron chi connectivity index (χ1n) is 8.19. The van der Waals surface area contributed by atoms with E-state index in [4.69, 9.17) is 4.74 Å². The lowest BCUT2D eigenvalue weighted by Gasteiger charge is -2.13. The minimum Gasteiger partial charge on any atom is -0.494 e. The zero-order valence-corrected chi connectivity index (χ0v) is 13.4. The molecule has 0 spiro atoms. The van der Waals surface area contributed by atoms with Crippen LogP contribution in [0.5, 0.6) is 5.75 Å². The van der Waals surface area contributed by atoms with Crippen molar-refractivity contribution in [3.8, 4) is 5.75 Å². The first-order chi connectivity index (χ1) is 10.8. The topological polar surface area (TPSA) is 50.4 Å². The molecule has 1 amide bonds. The highest BCUT2D eigenvalue weighted by Crippen LogP contribution is 2.19. The molecule has 0 bridgehead atoms. The van der Waals surface area contributed by atoms with Gasteiger partial charge in [-0.05, 0) is 63.3 Å². The molecule has 0 heterocycles. The van der Waals surface area contributed by atoms with Crippen molar-refractivity contribution >= 4 is 11.6 Å². The summed E-state index contributed by atoms with van der Waals surface area (Å²) in [5, 5.41) is 6.08. The van der Waals surface area contributed by atoms with Gasteiger partial charge in [-0.25, -0.2) is 0 Å². The average molecular weight is 302 g/mol. The fraction of sp³-hybridized carbons (Fsp3) is 0.500. The number of rotatable bonds is 8. The molecule has 0 saturated carbocycles. The van der Waals surface area contributed by atoms with E-state index in [2.05, 4.69) is 16.7 Å². The number of amides is 1. The van der Waals surface area contributed by atoms with Gasteiger partial charge in [0.1, 0.15) is 5.75 Å². The van der Waals surface area contributed by atoms with Crippen molar-refractivity contribution in [2.45, 2.75) is 39.0 Å². The molecule has 0 aromatic heterocycles. The van der Waals surface area contributed by atoms with E-state index in [9.17, 15) is 4.79 Å². The Bertz CT molecular complexity index is 494. The van der Waals surface area contributed by atoms with Crippen molar-refractivity contribution < 1.29 is 9.53 Å². The Labute approximate surface area is 132 Å². The highest BCUT2D eigenvalue weighted by Gasteiger charge is 2.05. The fourth-order valence-corrected chi connectivity index (χ4v) is 2.57. The second-order valence-corrected chi connectivity index (χ2v) is 5.52. The van der Waals surface area contributed by atoms with Crippen molar-refractivity contribution in [1.82, 2.24) is 5.32 Å². The molecule has 1 aromatic carbocycles. The van der Waals surface area contributed by atoms with Crippen molar-refractivity contribution in [3.63, 3.8) is 0 Å². The Morgan fingerprint density at radius 3 is 2.73 bits per heavy atom. The summed E-state index contributed by atoms with van der Waals surface area (Å²) in [6.45, 7) is 3.65. The number of hydrogen-bond acceptors (Lipinski definition) is 3. The Hall–Kier alpha value is -1.97. The van der Waals surface area contributed by atoms with Crippen LogP contribution >= 0.6 is 0 Å². The lowest BCUT2D eigenvalue weighted by molar-refractivity contribution is -0.119. The summed E-state index contributed by atoms with van der Waals surface area (Å²) in [5.41, 5.74) is 2.42. The van der Waals surface area contributed by atoms with Gasteiger partial charge in [-0.1, -0.05) is 11.6 Å². The third-order valence-corrected chi connectivity index (χ3v) is 3.77. The second-order valence-electron chi connectivity index (χ2n) is 5.52. The highest BCUT2D eigenvalue weighted by molar-refractivity contribution is 5.80. The molecule has 2 rings (SSSR count). The summed E-state index contributed by atoms with van der Waals surface area (Å²) in [5.74, 6) is 0.878. The summed E-state index contributed by atoms with van der Waals surface area (Å²) in [7, 11) is 0. The standard InChI is InChI=1S/C18H26N2O2/c1-2-22-17-10-8-16(9-11-17)20-14-18(21)19-13-12-15-6-4-3-5-7-15/h6,8-11,20H,2-5,7,12-14H2,1H3,(H,19,21). The fourth-order valence-electron chi connectivity index (χ4n) is 2.57. The van der Waals surface area contributed by atoms with Crippen molar-refractivity contribution in [2.75, 3.05) is 25.0 Å². The Kier molecular flexibility index (Phi) is 6.81. The van der Waals surface area contributed by atoms with Gasteiger partial charge in [0, 0.05) is 12.2 Å². The SMILES string of the molecule is CCOc1ccc(NCC(=O)NCCC2=CCCCC2)cc1. The van der Waals surface area contributed by atoms with Crippen LogP contribution in [0.1, 0.15) is 39.0 Å². The normalized spacial score (nSPS) is 14.1. The molecular formula is C18H26N2O2. The molecule has 1 aromatic rings. The van der Waals surface area contributed by atoms with Gasteiger partial charge in [0.05, 0.1) is 13.2 Å². The van der Waals surface area contributed by atoms with E-state index in [-0.39, 0.29) is 5.91 Å². The second kappa shape index (κ2) is 9.13. The number of anilines is 1. The van der Waals surface area contributed by atoms with Gasteiger partial charge in [-0.3, -0.25) is 4.79 Å². The van der Waals surface area contributed by atoms with E-state index >= 15 is 0 Å². The zero-order chi connectivity index (χ0) is 15.6. The first kappa shape index (κ1) is 16.4. The number of benzene rings is 1. The molecule has 0 fully saturated rings. The van der Waals surface area contributed by atoms with Crippen LogP contribution in [0.2, 0.25) is 0 Å². The van der Waals surface area contributed by atoms with Gasteiger partial charge in [-0.2, -0.15) is 0 Å². The number of ether oxygens (including phenoxy) is 1. The van der Waals surface area contributed by atoms with Crippen LogP contribution in [0, 0.1) is 0 Å². The van der Waals surface area contributed by atoms with Crippen LogP contribution in [0.25, 0.3) is 0 Å². The molecule has 0 unspecified atom stereocenters. The largest absolute Gasteiger partial charge is 0.494 e. The van der Waals surface area contributed by atoms with Crippen molar-refractivity contribution in [3.05, 3.63) is 35.9 Å². The highest BCUT2D eigenvalue weighted by atomic mass is 16.5. The predicted molar refractivity (Wildman–Crippen MR) is 90.3 cm³/mol.